The smallest absolute Gasteiger partial charge is 0.360 e. The van der Waals surface area contributed by atoms with E-state index in [0.29, 0.717) is 16.7 Å². The van der Waals surface area contributed by atoms with Crippen LogP contribution in [0.4, 0.5) is 21.9 Å². The van der Waals surface area contributed by atoms with Crippen LogP contribution in [0.2, 0.25) is 0 Å². The lowest BCUT2D eigenvalue weighted by Gasteiger charge is -2.29. The number of carbonyl (C=O) groups is 1. The van der Waals surface area contributed by atoms with Crippen LogP contribution in [-0.2, 0) is 0 Å². The highest BCUT2D eigenvalue weighted by molar-refractivity contribution is 6.00. The third kappa shape index (κ3) is 5.28. The predicted molar refractivity (Wildman–Crippen MR) is 132 cm³/mol. The van der Waals surface area contributed by atoms with Crippen molar-refractivity contribution in [2.75, 3.05) is 49.8 Å². The first kappa shape index (κ1) is 22.7. The topological polar surface area (TPSA) is 87.0 Å². The second-order valence-corrected chi connectivity index (χ2v) is 8.70. The maximum atomic E-state index is 12.6. The van der Waals surface area contributed by atoms with Gasteiger partial charge in [0.2, 0.25) is 0 Å². The van der Waals surface area contributed by atoms with Crippen molar-refractivity contribution in [3.63, 3.8) is 0 Å². The van der Waals surface area contributed by atoms with Crippen LogP contribution in [-0.4, -0.2) is 51.3 Å². The van der Waals surface area contributed by atoms with Crippen molar-refractivity contribution in [1.29, 1.82) is 0 Å². The highest BCUT2D eigenvalue weighted by Gasteiger charge is 2.20. The van der Waals surface area contributed by atoms with E-state index in [2.05, 4.69) is 22.6 Å². The zero-order valence-electron chi connectivity index (χ0n) is 19.5. The molecule has 1 fully saturated rings. The fourth-order valence-corrected chi connectivity index (χ4v) is 3.95. The molecule has 0 saturated carbocycles. The summed E-state index contributed by atoms with van der Waals surface area (Å²) in [6.45, 7) is 3.89. The van der Waals surface area contributed by atoms with Gasteiger partial charge in [0.25, 0.3) is 0 Å². The number of aryl methyl sites for hydroxylation is 1. The second-order valence-electron chi connectivity index (χ2n) is 8.70. The number of nitrogens with one attached hydrogen (secondary N) is 2. The summed E-state index contributed by atoms with van der Waals surface area (Å²) >= 11 is 0. The van der Waals surface area contributed by atoms with Crippen molar-refractivity contribution < 1.29 is 13.9 Å². The molecular formula is C25H30N4O4. The van der Waals surface area contributed by atoms with Crippen molar-refractivity contribution >= 4 is 34.1 Å². The summed E-state index contributed by atoms with van der Waals surface area (Å²) in [7, 11) is 5.95. The number of urea groups is 1. The zero-order valence-corrected chi connectivity index (χ0v) is 19.5. The Labute approximate surface area is 193 Å². The molecule has 0 bridgehead atoms. The molecule has 2 amide bonds. The summed E-state index contributed by atoms with van der Waals surface area (Å²) in [5.74, 6) is 0.722. The van der Waals surface area contributed by atoms with Gasteiger partial charge in [-0.25, -0.2) is 9.59 Å². The number of benzene rings is 2. The number of piperidine rings is 1. The van der Waals surface area contributed by atoms with Crippen molar-refractivity contribution in [2.45, 2.75) is 25.9 Å². The van der Waals surface area contributed by atoms with Gasteiger partial charge in [0.1, 0.15) is 23.1 Å². The molecule has 2 heterocycles. The predicted octanol–water partition coefficient (Wildman–Crippen LogP) is 4.28. The van der Waals surface area contributed by atoms with Crippen LogP contribution >= 0.6 is 0 Å². The molecule has 0 spiro atoms. The molecule has 4 rings (SSSR count). The van der Waals surface area contributed by atoms with E-state index < -0.39 is 11.7 Å². The van der Waals surface area contributed by atoms with E-state index in [1.54, 1.807) is 12.1 Å². The Morgan fingerprint density at radius 3 is 2.61 bits per heavy atom. The average molecular weight is 451 g/mol. The molecule has 1 saturated heterocycles. The Balaban J connectivity index is 1.50. The third-order valence-corrected chi connectivity index (χ3v) is 5.93. The van der Waals surface area contributed by atoms with Crippen molar-refractivity contribution in [2.24, 2.45) is 0 Å². The molecule has 174 valence electrons. The molecule has 0 aliphatic carbocycles. The Kier molecular flexibility index (Phi) is 6.55. The number of rotatable bonds is 5. The Morgan fingerprint density at radius 2 is 1.88 bits per heavy atom. The number of carbonyl (C=O) groups excluding carboxylic acids is 1. The highest BCUT2D eigenvalue weighted by atomic mass is 16.5. The van der Waals surface area contributed by atoms with E-state index in [0.717, 1.165) is 42.9 Å². The van der Waals surface area contributed by atoms with Gasteiger partial charge in [0.05, 0.1) is 0 Å². The minimum absolute atomic E-state index is 0.0761. The lowest BCUT2D eigenvalue weighted by molar-refractivity contribution is 0.113. The summed E-state index contributed by atoms with van der Waals surface area (Å²) in [5.41, 5.74) is 2.28. The highest BCUT2D eigenvalue weighted by Crippen LogP contribution is 2.30. The maximum Gasteiger partial charge on any atom is 0.360 e. The quantitative estimate of drug-likeness (QED) is 0.564. The zero-order chi connectivity index (χ0) is 23.5. The number of hydrogen-bond acceptors (Lipinski definition) is 6. The van der Waals surface area contributed by atoms with Crippen molar-refractivity contribution in [3.8, 4) is 5.75 Å². The van der Waals surface area contributed by atoms with Crippen LogP contribution in [0, 0.1) is 6.92 Å². The summed E-state index contributed by atoms with van der Waals surface area (Å²) in [5, 5.41) is 6.06. The first-order valence-corrected chi connectivity index (χ1v) is 11.1. The minimum Gasteiger partial charge on any atom is -0.490 e. The van der Waals surface area contributed by atoms with E-state index in [-0.39, 0.29) is 11.8 Å². The average Bonchev–Trinajstić information content (AvgIpc) is 2.78. The van der Waals surface area contributed by atoms with Crippen LogP contribution in [0.1, 0.15) is 18.4 Å². The Bertz CT molecular complexity index is 1210. The molecule has 1 aliphatic heterocycles. The lowest BCUT2D eigenvalue weighted by atomic mass is 10.1. The fourth-order valence-electron chi connectivity index (χ4n) is 3.95. The van der Waals surface area contributed by atoms with Gasteiger partial charge in [-0.3, -0.25) is 0 Å². The van der Waals surface area contributed by atoms with Crippen molar-refractivity contribution in [1.82, 2.24) is 4.90 Å². The summed E-state index contributed by atoms with van der Waals surface area (Å²) in [6, 6.07) is 12.3. The normalized spacial score (nSPS) is 14.8. The summed E-state index contributed by atoms with van der Waals surface area (Å²) < 4.78 is 11.8. The number of nitrogens with zero attached hydrogens (tertiary/aromatic N) is 2. The van der Waals surface area contributed by atoms with Gasteiger partial charge in [-0.2, -0.15) is 0 Å². The third-order valence-electron chi connectivity index (χ3n) is 5.93. The molecule has 8 nitrogen and oxygen atoms in total. The van der Waals surface area contributed by atoms with Gasteiger partial charge < -0.3 is 29.6 Å². The van der Waals surface area contributed by atoms with Gasteiger partial charge in [-0.05, 0) is 63.2 Å². The van der Waals surface area contributed by atoms with Gasteiger partial charge >= 0.3 is 11.7 Å². The largest absolute Gasteiger partial charge is 0.490 e. The van der Waals surface area contributed by atoms with Crippen LogP contribution < -0.4 is 25.9 Å². The fraction of sp³-hybridized carbons (Fsp3) is 0.360. The first-order valence-electron chi connectivity index (χ1n) is 11.1. The molecule has 0 atom stereocenters. The maximum absolute atomic E-state index is 12.6. The lowest BCUT2D eigenvalue weighted by Crippen LogP contribution is -2.35. The number of fused-ring (bicyclic) bond motifs is 1. The van der Waals surface area contributed by atoms with E-state index in [1.807, 2.05) is 56.3 Å². The molecule has 2 N–H and O–H groups in total. The molecule has 0 radical (unpaired) electrons. The number of anilines is 3. The van der Waals surface area contributed by atoms with E-state index >= 15 is 0 Å². The van der Waals surface area contributed by atoms with Crippen LogP contribution in [0.5, 0.6) is 5.75 Å². The van der Waals surface area contributed by atoms with Gasteiger partial charge in [0, 0.05) is 49.5 Å². The Hall–Kier alpha value is -3.52. The van der Waals surface area contributed by atoms with E-state index in [1.165, 1.54) is 0 Å². The second kappa shape index (κ2) is 9.54. The van der Waals surface area contributed by atoms with Crippen LogP contribution in [0.25, 0.3) is 11.0 Å². The minimum atomic E-state index is -0.612. The molecule has 1 aliphatic rings. The van der Waals surface area contributed by atoms with Gasteiger partial charge in [-0.15, -0.1) is 0 Å². The number of likely N-dealkylation sites (tertiary alicyclic amines) is 1. The first-order chi connectivity index (χ1) is 15.8. The van der Waals surface area contributed by atoms with Gasteiger partial charge in [-0.1, -0.05) is 6.07 Å². The number of ether oxygens (including phenoxy) is 1. The van der Waals surface area contributed by atoms with Crippen LogP contribution in [0.3, 0.4) is 0 Å². The summed E-state index contributed by atoms with van der Waals surface area (Å²) in [6.07, 6.45) is 2.08. The van der Waals surface area contributed by atoms with E-state index in [9.17, 15) is 9.59 Å². The standard InChI is InChI=1S/C25H30N4O4/c1-16-22(32-20-10-12-29(4)13-11-20)9-8-17-14-21(24(30)33-23(16)17)27-25(31)26-18-6-5-7-19(15-18)28(2)3/h5-9,14-15,20H,10-13H2,1-4H3,(H2,26,27,31). The molecule has 33 heavy (non-hydrogen) atoms. The molecule has 1 aromatic heterocycles. The number of amides is 2. The molecule has 3 aromatic rings. The molecule has 2 aromatic carbocycles. The summed E-state index contributed by atoms with van der Waals surface area (Å²) in [4.78, 5) is 29.3. The Morgan fingerprint density at radius 1 is 1.12 bits per heavy atom. The monoisotopic (exact) mass is 450 g/mol. The van der Waals surface area contributed by atoms with Gasteiger partial charge in [0.15, 0.2) is 0 Å². The van der Waals surface area contributed by atoms with Crippen LogP contribution in [0.15, 0.2) is 51.7 Å². The molecule has 8 heteroatoms. The molecular weight excluding hydrogens is 420 g/mol. The van der Waals surface area contributed by atoms with Crippen molar-refractivity contribution in [3.05, 3.63) is 58.4 Å². The molecule has 0 unspecified atom stereocenters. The van der Waals surface area contributed by atoms with E-state index in [4.69, 9.17) is 9.15 Å². The number of hydrogen-bond donors (Lipinski definition) is 2. The SMILES string of the molecule is Cc1c(OC2CCN(C)CC2)ccc2cc(NC(=O)Nc3cccc(N(C)C)c3)c(=O)oc12.